The van der Waals surface area contributed by atoms with Gasteiger partial charge in [-0.25, -0.2) is 4.39 Å². The summed E-state index contributed by atoms with van der Waals surface area (Å²) in [6.45, 7) is 0.501. The summed E-state index contributed by atoms with van der Waals surface area (Å²) in [4.78, 5) is 12.4. The van der Waals surface area contributed by atoms with E-state index in [2.05, 4.69) is 20.6 Å². The maximum Gasteiger partial charge on any atom is 0.251 e. The number of carbonyl (C=O) groups is 1. The molecule has 0 spiro atoms. The van der Waals surface area contributed by atoms with Crippen molar-refractivity contribution in [3.63, 3.8) is 0 Å². The zero-order chi connectivity index (χ0) is 24.0. The number of carbonyl (C=O) groups excluding carboxylic acids is 1. The highest BCUT2D eigenvalue weighted by Gasteiger charge is 2.11. The van der Waals surface area contributed by atoms with Gasteiger partial charge in [0.15, 0.2) is 11.5 Å². The van der Waals surface area contributed by atoms with Crippen molar-refractivity contribution in [2.75, 3.05) is 13.2 Å². The molecule has 0 aliphatic carbocycles. The van der Waals surface area contributed by atoms with Crippen LogP contribution in [0.1, 0.15) is 10.4 Å². The van der Waals surface area contributed by atoms with E-state index >= 15 is 0 Å². The Balaban J connectivity index is 1.15. The number of nitrogens with zero attached hydrogens (tertiary/aromatic N) is 4. The van der Waals surface area contributed by atoms with Crippen LogP contribution in [0.25, 0.3) is 17.0 Å². The minimum absolute atomic E-state index is 0.216. The second-order valence-electron chi connectivity index (χ2n) is 7.52. The third-order valence-electron chi connectivity index (χ3n) is 5.07. The third-order valence-corrected chi connectivity index (χ3v) is 5.07. The van der Waals surface area contributed by atoms with E-state index in [4.69, 9.17) is 9.47 Å². The van der Waals surface area contributed by atoms with Gasteiger partial charge in [-0.3, -0.25) is 4.79 Å². The summed E-state index contributed by atoms with van der Waals surface area (Å²) in [6.07, 6.45) is 0. The molecule has 8 nitrogen and oxygen atoms in total. The van der Waals surface area contributed by atoms with Gasteiger partial charge in [0, 0.05) is 17.2 Å². The van der Waals surface area contributed by atoms with E-state index in [9.17, 15) is 9.18 Å². The second kappa shape index (κ2) is 10.0. The molecule has 35 heavy (non-hydrogen) atoms. The lowest BCUT2D eigenvalue weighted by molar-refractivity contribution is 0.0946. The quantitative estimate of drug-likeness (QED) is 0.336. The summed E-state index contributed by atoms with van der Waals surface area (Å²) in [5, 5.41) is 15.4. The van der Waals surface area contributed by atoms with E-state index in [1.165, 1.54) is 16.6 Å². The number of aromatic nitrogens is 4. The molecule has 0 fully saturated rings. The highest BCUT2D eigenvalue weighted by Crippen LogP contribution is 2.21. The summed E-state index contributed by atoms with van der Waals surface area (Å²) in [5.74, 6) is 1.63. The number of rotatable bonds is 8. The van der Waals surface area contributed by atoms with Crippen molar-refractivity contribution < 1.29 is 18.7 Å². The van der Waals surface area contributed by atoms with Crippen LogP contribution in [0, 0.1) is 5.82 Å². The molecular weight excluding hydrogens is 449 g/mol. The van der Waals surface area contributed by atoms with Gasteiger partial charge in [0.1, 0.15) is 23.9 Å². The van der Waals surface area contributed by atoms with Gasteiger partial charge in [0.2, 0.25) is 5.88 Å². The van der Waals surface area contributed by atoms with Crippen LogP contribution in [0.2, 0.25) is 0 Å². The fourth-order valence-electron chi connectivity index (χ4n) is 3.35. The van der Waals surface area contributed by atoms with E-state index < -0.39 is 0 Å². The first-order chi connectivity index (χ1) is 17.2. The topological polar surface area (TPSA) is 90.6 Å². The van der Waals surface area contributed by atoms with Crippen molar-refractivity contribution in [1.29, 1.82) is 0 Å². The van der Waals surface area contributed by atoms with Crippen molar-refractivity contribution in [3.8, 4) is 28.8 Å². The van der Waals surface area contributed by atoms with Crippen LogP contribution in [0.5, 0.6) is 17.4 Å². The highest BCUT2D eigenvalue weighted by atomic mass is 19.1. The number of hydrogen-bond acceptors (Lipinski definition) is 6. The molecule has 9 heteroatoms. The Bertz CT molecular complexity index is 1440. The molecular formula is C26H20FN5O3. The van der Waals surface area contributed by atoms with Gasteiger partial charge in [-0.2, -0.15) is 4.52 Å². The minimum Gasteiger partial charge on any atom is -0.475 e. The van der Waals surface area contributed by atoms with E-state index in [0.29, 0.717) is 34.2 Å². The molecule has 0 atom stereocenters. The van der Waals surface area contributed by atoms with Crippen molar-refractivity contribution >= 4 is 11.6 Å². The summed E-state index contributed by atoms with van der Waals surface area (Å²) in [5.41, 5.74) is 1.72. The van der Waals surface area contributed by atoms with Gasteiger partial charge in [-0.1, -0.05) is 18.2 Å². The zero-order valence-corrected chi connectivity index (χ0v) is 18.5. The van der Waals surface area contributed by atoms with Gasteiger partial charge in [-0.05, 0) is 66.7 Å². The minimum atomic E-state index is -0.335. The van der Waals surface area contributed by atoms with Gasteiger partial charge >= 0.3 is 0 Å². The lowest BCUT2D eigenvalue weighted by Gasteiger charge is -2.09. The smallest absolute Gasteiger partial charge is 0.251 e. The summed E-state index contributed by atoms with van der Waals surface area (Å²) < 4.78 is 26.2. The molecule has 2 aromatic heterocycles. The fraction of sp³-hybridized carbons (Fsp3) is 0.0769. The highest BCUT2D eigenvalue weighted by molar-refractivity contribution is 5.94. The Labute approximate surface area is 200 Å². The van der Waals surface area contributed by atoms with Gasteiger partial charge < -0.3 is 14.8 Å². The maximum absolute atomic E-state index is 13.2. The predicted molar refractivity (Wildman–Crippen MR) is 127 cm³/mol. The van der Waals surface area contributed by atoms with Crippen LogP contribution in [0.4, 0.5) is 4.39 Å². The molecule has 0 aliphatic rings. The first-order valence-electron chi connectivity index (χ1n) is 10.9. The molecule has 0 aliphatic heterocycles. The van der Waals surface area contributed by atoms with Gasteiger partial charge in [-0.15, -0.1) is 15.3 Å². The molecule has 3 aromatic carbocycles. The van der Waals surface area contributed by atoms with Crippen molar-refractivity contribution in [2.24, 2.45) is 0 Å². The first-order valence-corrected chi connectivity index (χ1v) is 10.9. The van der Waals surface area contributed by atoms with Crippen molar-refractivity contribution in [1.82, 2.24) is 25.1 Å². The predicted octanol–water partition coefficient (Wildman–Crippen LogP) is 4.53. The lowest BCUT2D eigenvalue weighted by Crippen LogP contribution is -2.28. The molecule has 0 radical (unpaired) electrons. The average molecular weight is 469 g/mol. The molecule has 1 N–H and O–H groups in total. The van der Waals surface area contributed by atoms with E-state index in [1.807, 2.05) is 30.3 Å². The number of para-hydroxylation sites is 1. The fourth-order valence-corrected chi connectivity index (χ4v) is 3.35. The Morgan fingerprint density at radius 2 is 1.60 bits per heavy atom. The Hall–Kier alpha value is -4.79. The third kappa shape index (κ3) is 5.25. The van der Waals surface area contributed by atoms with Crippen molar-refractivity contribution in [3.05, 3.63) is 102 Å². The molecule has 5 aromatic rings. The average Bonchev–Trinajstić information content (AvgIpc) is 3.31. The maximum atomic E-state index is 13.2. The number of nitrogens with one attached hydrogen (secondary N) is 1. The molecule has 5 rings (SSSR count). The number of amides is 1. The zero-order valence-electron chi connectivity index (χ0n) is 18.5. The number of halogens is 1. The monoisotopic (exact) mass is 469 g/mol. The normalized spacial score (nSPS) is 10.8. The molecule has 0 unspecified atom stereocenters. The summed E-state index contributed by atoms with van der Waals surface area (Å²) in [6, 6.07) is 25.6. The largest absolute Gasteiger partial charge is 0.475 e. The molecule has 0 saturated heterocycles. The molecule has 2 heterocycles. The Morgan fingerprint density at radius 1 is 0.857 bits per heavy atom. The summed E-state index contributed by atoms with van der Waals surface area (Å²) in [7, 11) is 0. The van der Waals surface area contributed by atoms with Crippen molar-refractivity contribution in [2.45, 2.75) is 0 Å². The van der Waals surface area contributed by atoms with Crippen LogP contribution in [-0.4, -0.2) is 38.9 Å². The van der Waals surface area contributed by atoms with E-state index in [0.717, 1.165) is 5.75 Å². The second-order valence-corrected chi connectivity index (χ2v) is 7.52. The van der Waals surface area contributed by atoms with Crippen LogP contribution in [0.15, 0.2) is 91.0 Å². The summed E-state index contributed by atoms with van der Waals surface area (Å²) >= 11 is 0. The number of fused-ring (bicyclic) bond motifs is 1. The number of ether oxygens (including phenoxy) is 2. The van der Waals surface area contributed by atoms with Crippen LogP contribution >= 0.6 is 0 Å². The molecule has 1 amide bonds. The van der Waals surface area contributed by atoms with Crippen LogP contribution in [-0.2, 0) is 0 Å². The molecule has 0 bridgehead atoms. The number of benzene rings is 3. The standard InChI is InChI=1S/C26H20FN5O3/c27-20-10-6-18(7-11-20)25-30-29-23-14-15-24(31-32(23)25)34-17-16-28-26(33)19-8-12-22(13-9-19)35-21-4-2-1-3-5-21/h1-15H,16-17H2,(H,28,33). The first kappa shape index (κ1) is 22.0. The van der Waals surface area contributed by atoms with Gasteiger partial charge in [0.05, 0.1) is 6.54 Å². The van der Waals surface area contributed by atoms with Crippen LogP contribution in [0.3, 0.4) is 0 Å². The van der Waals surface area contributed by atoms with E-state index in [1.54, 1.807) is 48.5 Å². The van der Waals surface area contributed by atoms with Crippen LogP contribution < -0.4 is 14.8 Å². The molecule has 0 saturated carbocycles. The van der Waals surface area contributed by atoms with Gasteiger partial charge in [0.25, 0.3) is 5.91 Å². The van der Waals surface area contributed by atoms with E-state index in [-0.39, 0.29) is 24.9 Å². The Morgan fingerprint density at radius 3 is 2.37 bits per heavy atom. The Kier molecular flexibility index (Phi) is 6.29. The number of hydrogen-bond donors (Lipinski definition) is 1. The lowest BCUT2D eigenvalue weighted by atomic mass is 10.2. The molecule has 174 valence electrons. The SMILES string of the molecule is O=C(NCCOc1ccc2nnc(-c3ccc(F)cc3)n2n1)c1ccc(Oc2ccccc2)cc1.